The molecule has 0 bridgehead atoms. The van der Waals surface area contributed by atoms with Crippen LogP contribution in [0.4, 0.5) is 0 Å². The zero-order chi connectivity index (χ0) is 12.8. The van der Waals surface area contributed by atoms with E-state index in [4.69, 9.17) is 5.73 Å². The lowest BCUT2D eigenvalue weighted by atomic mass is 10.1. The molecular formula is C13H21N3O. The van der Waals surface area contributed by atoms with Crippen LogP contribution in [0.3, 0.4) is 0 Å². The number of rotatable bonds is 5. The third kappa shape index (κ3) is 4.17. The first-order valence-electron chi connectivity index (χ1n) is 5.81. The van der Waals surface area contributed by atoms with Crippen molar-refractivity contribution in [3.8, 4) is 0 Å². The van der Waals surface area contributed by atoms with Gasteiger partial charge in [-0.05, 0) is 26.5 Å². The highest BCUT2D eigenvalue weighted by atomic mass is 16.2. The molecule has 0 aliphatic rings. The molecule has 0 heterocycles. The van der Waals surface area contributed by atoms with Crippen molar-refractivity contribution in [3.05, 3.63) is 35.4 Å². The molecule has 0 aromatic heterocycles. The number of nitrogens with two attached hydrogens (primary N) is 1. The molecule has 2 unspecified atom stereocenters. The van der Waals surface area contributed by atoms with E-state index >= 15 is 0 Å². The van der Waals surface area contributed by atoms with Crippen LogP contribution in [-0.2, 0) is 4.79 Å². The molecular weight excluding hydrogens is 214 g/mol. The zero-order valence-corrected chi connectivity index (χ0v) is 10.7. The van der Waals surface area contributed by atoms with E-state index in [1.165, 1.54) is 0 Å². The van der Waals surface area contributed by atoms with Gasteiger partial charge in [-0.15, -0.1) is 0 Å². The van der Waals surface area contributed by atoms with Gasteiger partial charge in [-0.25, -0.2) is 0 Å². The van der Waals surface area contributed by atoms with Crippen molar-refractivity contribution in [2.24, 2.45) is 5.73 Å². The van der Waals surface area contributed by atoms with Gasteiger partial charge in [0.25, 0.3) is 0 Å². The molecule has 94 valence electrons. The number of likely N-dealkylation sites (N-methyl/N-ethyl adjacent to an activating group) is 1. The Morgan fingerprint density at radius 2 is 1.94 bits per heavy atom. The quantitative estimate of drug-likeness (QED) is 0.704. The monoisotopic (exact) mass is 235 g/mol. The van der Waals surface area contributed by atoms with Crippen molar-refractivity contribution in [3.63, 3.8) is 0 Å². The third-order valence-corrected chi connectivity index (χ3v) is 2.79. The molecule has 2 atom stereocenters. The smallest absolute Gasteiger partial charge is 0.241 e. The van der Waals surface area contributed by atoms with Crippen molar-refractivity contribution in [1.82, 2.24) is 10.6 Å². The number of hydrogen-bond donors (Lipinski definition) is 3. The minimum atomic E-state index is -0.598. The Balaban J connectivity index is 2.54. The summed E-state index contributed by atoms with van der Waals surface area (Å²) in [5.74, 6) is -0.143. The Hall–Kier alpha value is -1.39. The molecule has 0 aliphatic carbocycles. The molecule has 0 spiro atoms. The van der Waals surface area contributed by atoms with Gasteiger partial charge in [0.1, 0.15) is 6.04 Å². The molecule has 4 N–H and O–H groups in total. The van der Waals surface area contributed by atoms with Crippen molar-refractivity contribution in [1.29, 1.82) is 0 Å². The summed E-state index contributed by atoms with van der Waals surface area (Å²) in [6.45, 7) is 4.58. The van der Waals surface area contributed by atoms with Crippen LogP contribution in [-0.4, -0.2) is 25.5 Å². The summed E-state index contributed by atoms with van der Waals surface area (Å²) in [5.41, 5.74) is 7.88. The number of nitrogens with one attached hydrogen (secondary N) is 2. The maximum absolute atomic E-state index is 11.8. The van der Waals surface area contributed by atoms with Crippen LogP contribution in [0.5, 0.6) is 0 Å². The van der Waals surface area contributed by atoms with E-state index in [1.807, 2.05) is 45.2 Å². The number of hydrogen-bond acceptors (Lipinski definition) is 3. The van der Waals surface area contributed by atoms with E-state index in [0.29, 0.717) is 6.54 Å². The largest absolute Gasteiger partial charge is 0.353 e. The van der Waals surface area contributed by atoms with E-state index in [1.54, 1.807) is 0 Å². The molecule has 0 saturated heterocycles. The Kier molecular flexibility index (Phi) is 5.12. The molecule has 1 rings (SSSR count). The molecule has 1 aromatic rings. The summed E-state index contributed by atoms with van der Waals surface area (Å²) in [6.07, 6.45) is 0. The summed E-state index contributed by atoms with van der Waals surface area (Å²) in [5, 5.41) is 5.87. The number of benzene rings is 1. The molecule has 0 saturated carbocycles. The maximum atomic E-state index is 11.8. The molecule has 17 heavy (non-hydrogen) atoms. The van der Waals surface area contributed by atoms with Gasteiger partial charge in [0.05, 0.1) is 0 Å². The Labute approximate surface area is 103 Å². The average Bonchev–Trinajstić information content (AvgIpc) is 2.35. The van der Waals surface area contributed by atoms with E-state index in [9.17, 15) is 4.79 Å². The number of amides is 1. The van der Waals surface area contributed by atoms with E-state index < -0.39 is 6.04 Å². The minimum Gasteiger partial charge on any atom is -0.353 e. The van der Waals surface area contributed by atoms with Gasteiger partial charge in [0, 0.05) is 12.6 Å². The average molecular weight is 235 g/mol. The molecule has 1 amide bonds. The summed E-state index contributed by atoms with van der Waals surface area (Å²) in [7, 11) is 1.86. The third-order valence-electron chi connectivity index (χ3n) is 2.79. The second kappa shape index (κ2) is 6.37. The van der Waals surface area contributed by atoms with E-state index in [2.05, 4.69) is 10.6 Å². The number of carbonyl (C=O) groups is 1. The Morgan fingerprint density at radius 1 is 1.35 bits per heavy atom. The van der Waals surface area contributed by atoms with Crippen LogP contribution in [0, 0.1) is 6.92 Å². The van der Waals surface area contributed by atoms with Crippen LogP contribution in [0.1, 0.15) is 24.1 Å². The first-order chi connectivity index (χ1) is 8.04. The predicted molar refractivity (Wildman–Crippen MR) is 69.6 cm³/mol. The fourth-order valence-corrected chi connectivity index (χ4v) is 1.39. The van der Waals surface area contributed by atoms with Crippen molar-refractivity contribution in [2.45, 2.75) is 25.9 Å². The van der Waals surface area contributed by atoms with Gasteiger partial charge in [-0.1, -0.05) is 29.8 Å². The number of carbonyl (C=O) groups excluding carboxylic acids is 1. The van der Waals surface area contributed by atoms with Crippen molar-refractivity contribution >= 4 is 5.91 Å². The van der Waals surface area contributed by atoms with Crippen LogP contribution in [0.15, 0.2) is 24.3 Å². The fraction of sp³-hybridized carbons (Fsp3) is 0.462. The molecule has 4 heteroatoms. The molecule has 1 aromatic carbocycles. The highest BCUT2D eigenvalue weighted by Crippen LogP contribution is 2.11. The Morgan fingerprint density at radius 3 is 2.47 bits per heavy atom. The molecule has 4 nitrogen and oxygen atoms in total. The van der Waals surface area contributed by atoms with Gasteiger partial charge in [-0.2, -0.15) is 0 Å². The van der Waals surface area contributed by atoms with E-state index in [-0.39, 0.29) is 11.9 Å². The normalized spacial score (nSPS) is 14.1. The molecule has 0 fully saturated rings. The highest BCUT2D eigenvalue weighted by molar-refractivity contribution is 5.82. The first-order valence-corrected chi connectivity index (χ1v) is 5.81. The lowest BCUT2D eigenvalue weighted by Crippen LogP contribution is -2.41. The van der Waals surface area contributed by atoms with Gasteiger partial charge < -0.3 is 16.4 Å². The summed E-state index contributed by atoms with van der Waals surface area (Å²) >= 11 is 0. The Bertz CT molecular complexity index is 361. The minimum absolute atomic E-state index is 0.143. The highest BCUT2D eigenvalue weighted by Gasteiger charge is 2.15. The summed E-state index contributed by atoms with van der Waals surface area (Å²) in [6, 6.07) is 7.34. The topological polar surface area (TPSA) is 67.1 Å². The maximum Gasteiger partial charge on any atom is 0.241 e. The zero-order valence-electron chi connectivity index (χ0n) is 10.7. The van der Waals surface area contributed by atoms with Gasteiger partial charge >= 0.3 is 0 Å². The van der Waals surface area contributed by atoms with Crippen molar-refractivity contribution in [2.75, 3.05) is 13.6 Å². The number of aryl methyl sites for hydroxylation is 1. The van der Waals surface area contributed by atoms with Crippen molar-refractivity contribution < 1.29 is 4.79 Å². The lowest BCUT2D eigenvalue weighted by molar-refractivity contribution is -0.122. The van der Waals surface area contributed by atoms with Gasteiger partial charge in [0.2, 0.25) is 5.91 Å². The SMILES string of the molecule is CNC(C)CNC(=O)C(N)c1ccc(C)cc1. The van der Waals surface area contributed by atoms with Gasteiger partial charge in [-0.3, -0.25) is 4.79 Å². The first kappa shape index (κ1) is 13.7. The fourth-order valence-electron chi connectivity index (χ4n) is 1.39. The summed E-state index contributed by atoms with van der Waals surface area (Å²) < 4.78 is 0. The van der Waals surface area contributed by atoms with Crippen LogP contribution in [0.25, 0.3) is 0 Å². The van der Waals surface area contributed by atoms with Crippen LogP contribution in [0.2, 0.25) is 0 Å². The molecule has 0 aliphatic heterocycles. The standard InChI is InChI=1S/C13H21N3O/c1-9-4-6-11(7-5-9)12(14)13(17)16-8-10(2)15-3/h4-7,10,12,15H,8,14H2,1-3H3,(H,16,17). The predicted octanol–water partition coefficient (Wildman–Crippen LogP) is 0.719. The van der Waals surface area contributed by atoms with Gasteiger partial charge in [0.15, 0.2) is 0 Å². The lowest BCUT2D eigenvalue weighted by Gasteiger charge is -2.15. The molecule has 0 radical (unpaired) electrons. The van der Waals surface area contributed by atoms with Crippen LogP contribution < -0.4 is 16.4 Å². The summed E-state index contributed by atoms with van der Waals surface area (Å²) in [4.78, 5) is 11.8. The van der Waals surface area contributed by atoms with Crippen LogP contribution >= 0.6 is 0 Å². The second-order valence-electron chi connectivity index (χ2n) is 4.32. The second-order valence-corrected chi connectivity index (χ2v) is 4.32. The van der Waals surface area contributed by atoms with E-state index in [0.717, 1.165) is 11.1 Å².